The number of aliphatic carboxylic acids is 1. The monoisotopic (exact) mass is 230 g/mol. The Balaban J connectivity index is 4.03. The average Bonchev–Trinajstić information content (AvgIpc) is 2.13. The van der Waals surface area contributed by atoms with Crippen molar-refractivity contribution in [3.8, 4) is 0 Å². The Bertz CT molecular complexity index is 252. The van der Waals surface area contributed by atoms with Gasteiger partial charge >= 0.3 is 5.97 Å². The minimum atomic E-state index is -0.853. The Kier molecular flexibility index (Phi) is 6.03. The van der Waals surface area contributed by atoms with Gasteiger partial charge in [-0.15, -0.1) is 0 Å². The minimum Gasteiger partial charge on any atom is -0.481 e. The van der Waals surface area contributed by atoms with Gasteiger partial charge in [0.15, 0.2) is 0 Å². The van der Waals surface area contributed by atoms with E-state index < -0.39 is 11.4 Å². The molecule has 0 radical (unpaired) electrons. The van der Waals surface area contributed by atoms with E-state index in [0.717, 1.165) is 6.42 Å². The highest BCUT2D eigenvalue weighted by atomic mass is 16.4. The van der Waals surface area contributed by atoms with E-state index in [4.69, 9.17) is 5.11 Å². The third-order valence-corrected chi connectivity index (χ3v) is 2.23. The molecule has 0 spiro atoms. The number of amides is 1. The van der Waals surface area contributed by atoms with Gasteiger partial charge in [-0.1, -0.05) is 6.92 Å². The number of nitrogens with zero attached hydrogens (tertiary/aromatic N) is 1. The highest BCUT2D eigenvalue weighted by Crippen LogP contribution is 2.15. The lowest BCUT2D eigenvalue weighted by molar-refractivity contribution is -0.148. The van der Waals surface area contributed by atoms with Crippen LogP contribution in [0.3, 0.4) is 0 Å². The van der Waals surface area contributed by atoms with E-state index in [-0.39, 0.29) is 12.5 Å². The zero-order valence-corrected chi connectivity index (χ0v) is 10.5. The maximum atomic E-state index is 11.4. The first-order chi connectivity index (χ1) is 7.29. The summed E-state index contributed by atoms with van der Waals surface area (Å²) in [5.41, 5.74) is -0.834. The van der Waals surface area contributed by atoms with Crippen molar-refractivity contribution >= 4 is 11.9 Å². The molecule has 0 aliphatic rings. The number of hydrogen-bond donors (Lipinski definition) is 2. The van der Waals surface area contributed by atoms with Crippen molar-refractivity contribution in [1.29, 1.82) is 0 Å². The molecular weight excluding hydrogens is 208 g/mol. The first-order valence-corrected chi connectivity index (χ1v) is 5.48. The summed E-state index contributed by atoms with van der Waals surface area (Å²) >= 11 is 0. The summed E-state index contributed by atoms with van der Waals surface area (Å²) in [6.07, 6.45) is 0.899. The standard InChI is InChI=1S/C11H22N2O3/c1-5-6-12-9(14)7-13(4)8-11(2,3)10(15)16/h5-8H2,1-4H3,(H,12,14)(H,15,16). The van der Waals surface area contributed by atoms with Gasteiger partial charge in [-0.05, 0) is 27.3 Å². The molecule has 0 saturated carbocycles. The number of carbonyl (C=O) groups is 2. The van der Waals surface area contributed by atoms with Gasteiger partial charge in [0.2, 0.25) is 5.91 Å². The fourth-order valence-electron chi connectivity index (χ4n) is 1.36. The quantitative estimate of drug-likeness (QED) is 0.670. The number of likely N-dealkylation sites (N-methyl/N-ethyl adjacent to an activating group) is 1. The molecule has 2 N–H and O–H groups in total. The molecule has 5 heteroatoms. The average molecular weight is 230 g/mol. The number of hydrogen-bond acceptors (Lipinski definition) is 3. The minimum absolute atomic E-state index is 0.0643. The van der Waals surface area contributed by atoms with Gasteiger partial charge in [0.25, 0.3) is 0 Å². The highest BCUT2D eigenvalue weighted by Gasteiger charge is 2.28. The summed E-state index contributed by atoms with van der Waals surface area (Å²) in [7, 11) is 1.75. The molecular formula is C11H22N2O3. The molecule has 0 atom stereocenters. The molecule has 0 fully saturated rings. The molecule has 0 bridgehead atoms. The van der Waals surface area contributed by atoms with Crippen LogP contribution in [-0.2, 0) is 9.59 Å². The largest absolute Gasteiger partial charge is 0.481 e. The molecule has 0 rings (SSSR count). The molecule has 0 aliphatic heterocycles. The molecule has 0 aromatic carbocycles. The highest BCUT2D eigenvalue weighted by molar-refractivity contribution is 5.78. The van der Waals surface area contributed by atoms with Crippen molar-refractivity contribution in [3.05, 3.63) is 0 Å². The second kappa shape index (κ2) is 6.48. The Morgan fingerprint density at radius 3 is 2.38 bits per heavy atom. The van der Waals surface area contributed by atoms with Crippen molar-refractivity contribution < 1.29 is 14.7 Å². The van der Waals surface area contributed by atoms with Crippen LogP contribution < -0.4 is 5.32 Å². The molecule has 16 heavy (non-hydrogen) atoms. The van der Waals surface area contributed by atoms with Crippen LogP contribution >= 0.6 is 0 Å². The zero-order chi connectivity index (χ0) is 12.8. The van der Waals surface area contributed by atoms with Gasteiger partial charge in [-0.2, -0.15) is 0 Å². The van der Waals surface area contributed by atoms with Gasteiger partial charge < -0.3 is 10.4 Å². The number of carbonyl (C=O) groups excluding carboxylic acids is 1. The van der Waals surface area contributed by atoms with Gasteiger partial charge in [-0.3, -0.25) is 14.5 Å². The van der Waals surface area contributed by atoms with Crippen LogP contribution in [0.1, 0.15) is 27.2 Å². The lowest BCUT2D eigenvalue weighted by Crippen LogP contribution is -2.42. The number of nitrogens with one attached hydrogen (secondary N) is 1. The van der Waals surface area contributed by atoms with Crippen LogP contribution in [0.25, 0.3) is 0 Å². The number of rotatable bonds is 7. The fourth-order valence-corrected chi connectivity index (χ4v) is 1.36. The maximum absolute atomic E-state index is 11.4. The molecule has 0 aromatic rings. The zero-order valence-electron chi connectivity index (χ0n) is 10.5. The van der Waals surface area contributed by atoms with Crippen LogP contribution in [-0.4, -0.2) is 48.6 Å². The summed E-state index contributed by atoms with van der Waals surface area (Å²) in [4.78, 5) is 24.0. The lowest BCUT2D eigenvalue weighted by Gasteiger charge is -2.25. The number of carboxylic acid groups (broad SMARTS) is 1. The lowest BCUT2D eigenvalue weighted by atomic mass is 9.93. The van der Waals surface area contributed by atoms with Crippen molar-refractivity contribution in [2.75, 3.05) is 26.7 Å². The topological polar surface area (TPSA) is 69.6 Å². The third-order valence-electron chi connectivity index (χ3n) is 2.23. The van der Waals surface area contributed by atoms with Crippen LogP contribution in [0.15, 0.2) is 0 Å². The SMILES string of the molecule is CCCNC(=O)CN(C)CC(C)(C)C(=O)O. The van der Waals surface area contributed by atoms with Crippen molar-refractivity contribution in [2.45, 2.75) is 27.2 Å². The predicted molar refractivity (Wildman–Crippen MR) is 62.2 cm³/mol. The Labute approximate surface area is 96.8 Å². The van der Waals surface area contributed by atoms with Gasteiger partial charge in [0.05, 0.1) is 12.0 Å². The first kappa shape index (κ1) is 14.9. The Hall–Kier alpha value is -1.10. The number of carboxylic acids is 1. The molecule has 0 aromatic heterocycles. The second-order valence-electron chi connectivity index (χ2n) is 4.71. The normalized spacial score (nSPS) is 11.6. The van der Waals surface area contributed by atoms with Crippen molar-refractivity contribution in [2.24, 2.45) is 5.41 Å². The van der Waals surface area contributed by atoms with E-state index in [2.05, 4.69) is 5.32 Å². The van der Waals surface area contributed by atoms with E-state index in [1.807, 2.05) is 6.92 Å². The summed E-state index contributed by atoms with van der Waals surface area (Å²) in [6.45, 7) is 6.52. The van der Waals surface area contributed by atoms with Crippen molar-refractivity contribution in [1.82, 2.24) is 10.2 Å². The summed E-state index contributed by atoms with van der Waals surface area (Å²) in [6, 6.07) is 0. The molecule has 0 heterocycles. The first-order valence-electron chi connectivity index (χ1n) is 5.48. The van der Waals surface area contributed by atoms with Gasteiger partial charge in [-0.25, -0.2) is 0 Å². The van der Waals surface area contributed by atoms with Crippen LogP contribution in [0, 0.1) is 5.41 Å². The van der Waals surface area contributed by atoms with Crippen LogP contribution in [0.2, 0.25) is 0 Å². The molecule has 0 aliphatic carbocycles. The van der Waals surface area contributed by atoms with Gasteiger partial charge in [0, 0.05) is 13.1 Å². The molecule has 94 valence electrons. The second-order valence-corrected chi connectivity index (χ2v) is 4.71. The fraction of sp³-hybridized carbons (Fsp3) is 0.818. The van der Waals surface area contributed by atoms with Crippen molar-refractivity contribution in [3.63, 3.8) is 0 Å². The van der Waals surface area contributed by atoms with Gasteiger partial charge in [0.1, 0.15) is 0 Å². The van der Waals surface area contributed by atoms with E-state index in [1.54, 1.807) is 25.8 Å². The van der Waals surface area contributed by atoms with E-state index in [9.17, 15) is 9.59 Å². The Morgan fingerprint density at radius 2 is 1.94 bits per heavy atom. The molecule has 1 amide bonds. The maximum Gasteiger partial charge on any atom is 0.310 e. The summed E-state index contributed by atoms with van der Waals surface area (Å²) < 4.78 is 0. The van der Waals surface area contributed by atoms with E-state index in [0.29, 0.717) is 13.1 Å². The Morgan fingerprint density at radius 1 is 1.38 bits per heavy atom. The molecule has 0 unspecified atom stereocenters. The summed E-state index contributed by atoms with van der Waals surface area (Å²) in [5.74, 6) is -0.918. The van der Waals surface area contributed by atoms with Crippen LogP contribution in [0.4, 0.5) is 0 Å². The molecule has 5 nitrogen and oxygen atoms in total. The smallest absolute Gasteiger partial charge is 0.310 e. The molecule has 0 saturated heterocycles. The predicted octanol–water partition coefficient (Wildman–Crippen LogP) is 0.555. The third kappa shape index (κ3) is 5.70. The van der Waals surface area contributed by atoms with E-state index in [1.165, 1.54) is 0 Å². The van der Waals surface area contributed by atoms with E-state index >= 15 is 0 Å². The van der Waals surface area contributed by atoms with Crippen LogP contribution in [0.5, 0.6) is 0 Å². The summed E-state index contributed by atoms with van der Waals surface area (Å²) in [5, 5.41) is 11.7.